The third-order valence-corrected chi connectivity index (χ3v) is 6.81. The van der Waals surface area contributed by atoms with Crippen LogP contribution in [0.15, 0.2) is 67.3 Å². The number of methoxy groups -OCH3 is 1. The minimum atomic E-state index is -4.86. The van der Waals surface area contributed by atoms with Crippen molar-refractivity contribution in [3.63, 3.8) is 0 Å². The second kappa shape index (κ2) is 12.0. The molecule has 16 heteroatoms. The van der Waals surface area contributed by atoms with Crippen LogP contribution < -0.4 is 10.5 Å². The molecule has 0 aliphatic heterocycles. The predicted molar refractivity (Wildman–Crippen MR) is 146 cm³/mol. The first-order chi connectivity index (χ1) is 22.7. The van der Waals surface area contributed by atoms with Crippen LogP contribution in [0.5, 0.6) is 0 Å². The minimum Gasteiger partial charge on any atom is -0.618 e. The maximum Gasteiger partial charge on any atom is 0.436 e. The lowest BCUT2D eigenvalue weighted by Crippen LogP contribution is -2.36. The number of pyridine rings is 1. The van der Waals surface area contributed by atoms with E-state index in [-0.39, 0.29) is 38.4 Å². The third kappa shape index (κ3) is 5.96. The molecule has 228 valence electrons. The highest BCUT2D eigenvalue weighted by Gasteiger charge is 2.35. The second-order valence-electron chi connectivity index (χ2n) is 9.20. The number of nitrogens with two attached hydrogens (primary N) is 1. The van der Waals surface area contributed by atoms with Crippen LogP contribution in [0.2, 0.25) is 5.02 Å². The predicted octanol–water partition coefficient (Wildman–Crippen LogP) is 5.11. The number of nitrogens with zero attached hydrogens (tertiary/aromatic N) is 6. The highest BCUT2D eigenvalue weighted by atomic mass is 35.5. The Balaban J connectivity index is 1.60. The van der Waals surface area contributed by atoms with E-state index >= 15 is 4.39 Å². The van der Waals surface area contributed by atoms with Gasteiger partial charge in [-0.3, -0.25) is 9.48 Å². The molecule has 0 spiro atoms. The van der Waals surface area contributed by atoms with Gasteiger partial charge in [0.25, 0.3) is 5.91 Å². The fraction of sp³-hybridized carbons (Fsp3) is 0.179. The topological polar surface area (TPSA) is 128 Å². The van der Waals surface area contributed by atoms with Crippen molar-refractivity contribution in [2.75, 3.05) is 13.6 Å². The van der Waals surface area contributed by atoms with E-state index in [4.69, 9.17) is 24.2 Å². The van der Waals surface area contributed by atoms with Gasteiger partial charge in [-0.1, -0.05) is 22.9 Å². The number of carbonyl (C=O) groups is 1. The first-order valence-corrected chi connectivity index (χ1v) is 12.7. The van der Waals surface area contributed by atoms with Crippen molar-refractivity contribution in [1.82, 2.24) is 24.8 Å². The van der Waals surface area contributed by atoms with Crippen LogP contribution >= 0.6 is 11.6 Å². The SMILES string of the molecule is [2H]C([2H])([2H])OC([2H])([2H])CC(c1ccc(-c2c(-n3cc(C(F)(F)F)nn3)ccc(Cl)c2F)c[n+]1[O-])n1cc(-c2ccc(C(N)=O)c(F)c2)cn1. The van der Waals surface area contributed by atoms with E-state index in [1.807, 2.05) is 0 Å². The molecule has 5 rings (SSSR count). The zero-order valence-corrected chi connectivity index (χ0v) is 22.6. The lowest BCUT2D eigenvalue weighted by atomic mass is 10.0. The van der Waals surface area contributed by atoms with Crippen molar-refractivity contribution < 1.29 is 43.1 Å². The van der Waals surface area contributed by atoms with Crippen molar-refractivity contribution in [2.45, 2.75) is 18.6 Å². The summed E-state index contributed by atoms with van der Waals surface area (Å²) in [5.74, 6) is -3.05. The summed E-state index contributed by atoms with van der Waals surface area (Å²) < 4.78 is 115. The molecule has 0 aliphatic rings. The summed E-state index contributed by atoms with van der Waals surface area (Å²) >= 11 is 5.97. The van der Waals surface area contributed by atoms with E-state index in [0.29, 0.717) is 10.9 Å². The Hall–Kier alpha value is -4.89. The summed E-state index contributed by atoms with van der Waals surface area (Å²) in [7, 11) is -3.19. The normalized spacial score (nSPS) is 14.7. The Bertz CT molecular complexity index is 2060. The molecule has 2 N–H and O–H groups in total. The van der Waals surface area contributed by atoms with E-state index in [1.165, 1.54) is 24.5 Å². The molecule has 3 aromatic heterocycles. The summed E-state index contributed by atoms with van der Waals surface area (Å²) in [4.78, 5) is 11.4. The van der Waals surface area contributed by atoms with Crippen LogP contribution in [0.25, 0.3) is 27.9 Å². The number of carbonyl (C=O) groups excluding carboxylic acids is 1. The fourth-order valence-corrected chi connectivity index (χ4v) is 4.58. The Morgan fingerprint density at radius 2 is 1.95 bits per heavy atom. The lowest BCUT2D eigenvalue weighted by Gasteiger charge is -2.18. The average molecular weight is 639 g/mol. The second-order valence-corrected chi connectivity index (χ2v) is 9.61. The van der Waals surface area contributed by atoms with Gasteiger partial charge in [0.2, 0.25) is 5.69 Å². The van der Waals surface area contributed by atoms with Gasteiger partial charge in [-0.2, -0.15) is 23.0 Å². The number of rotatable bonds is 9. The summed E-state index contributed by atoms with van der Waals surface area (Å²) in [5.41, 5.74) is 2.72. The van der Waals surface area contributed by atoms with Gasteiger partial charge in [0.05, 0.1) is 46.6 Å². The zero-order chi connectivity index (χ0) is 36.1. The molecule has 0 fully saturated rings. The van der Waals surface area contributed by atoms with Gasteiger partial charge >= 0.3 is 6.18 Å². The van der Waals surface area contributed by atoms with Gasteiger partial charge in [-0.15, -0.1) is 5.10 Å². The third-order valence-electron chi connectivity index (χ3n) is 6.52. The zero-order valence-electron chi connectivity index (χ0n) is 26.9. The standard InChI is InChI=1S/C28H21ClF5N7O3/c1-44-9-8-21(39-12-17(11-36-39)15-2-4-18(27(35)42)20(30)10-15)22-6-3-16(13-41(22)43)25-23(7-5-19(29)26(25)31)40-14-24(37-38-40)28(32,33)34/h2-7,10-14,21H,8-9H2,1H3,(H2,35,42)/i1D3,9D2. The minimum absolute atomic E-state index is 0.190. The van der Waals surface area contributed by atoms with Crippen LogP contribution in [0.4, 0.5) is 22.0 Å². The number of hydrogen-bond acceptors (Lipinski definition) is 6. The highest BCUT2D eigenvalue weighted by Crippen LogP contribution is 2.35. The molecule has 1 amide bonds. The number of aromatic nitrogens is 6. The van der Waals surface area contributed by atoms with E-state index < -0.39 is 66.1 Å². The molecule has 0 saturated heterocycles. The Labute approximate surface area is 257 Å². The van der Waals surface area contributed by atoms with Crippen molar-refractivity contribution in [1.29, 1.82) is 0 Å². The van der Waals surface area contributed by atoms with Crippen LogP contribution in [-0.2, 0) is 10.9 Å². The monoisotopic (exact) mass is 638 g/mol. The maximum absolute atomic E-state index is 15.5. The van der Waals surface area contributed by atoms with Gasteiger partial charge < -0.3 is 15.7 Å². The summed E-state index contributed by atoms with van der Waals surface area (Å²) in [5, 5.41) is 23.8. The quantitative estimate of drug-likeness (QED) is 0.136. The lowest BCUT2D eigenvalue weighted by molar-refractivity contribution is -0.615. The molecule has 5 aromatic rings. The Kier molecular flexibility index (Phi) is 6.70. The molecule has 0 aliphatic carbocycles. The van der Waals surface area contributed by atoms with Crippen LogP contribution in [0.3, 0.4) is 0 Å². The summed E-state index contributed by atoms with van der Waals surface area (Å²) in [6.07, 6.45) is -1.81. The van der Waals surface area contributed by atoms with Crippen molar-refractivity contribution in [3.05, 3.63) is 106 Å². The van der Waals surface area contributed by atoms with Gasteiger partial charge in [0, 0.05) is 37.8 Å². The van der Waals surface area contributed by atoms with Gasteiger partial charge in [0.15, 0.2) is 17.7 Å². The smallest absolute Gasteiger partial charge is 0.436 e. The summed E-state index contributed by atoms with van der Waals surface area (Å²) in [6.45, 7) is -2.89. The van der Waals surface area contributed by atoms with Crippen LogP contribution in [0, 0.1) is 16.8 Å². The molecular weight excluding hydrogens is 613 g/mol. The number of benzene rings is 2. The molecule has 0 bridgehead atoms. The molecule has 1 atom stereocenters. The van der Waals surface area contributed by atoms with Crippen molar-refractivity contribution in [2.24, 2.45) is 5.73 Å². The molecule has 10 nitrogen and oxygen atoms in total. The largest absolute Gasteiger partial charge is 0.618 e. The first kappa shape index (κ1) is 24.5. The number of halogens is 6. The van der Waals surface area contributed by atoms with Gasteiger partial charge in [0.1, 0.15) is 11.9 Å². The summed E-state index contributed by atoms with van der Waals surface area (Å²) in [6, 6.07) is 6.64. The van der Waals surface area contributed by atoms with E-state index in [9.17, 15) is 27.6 Å². The number of ether oxygens (including phenoxy) is 1. The van der Waals surface area contributed by atoms with Gasteiger partial charge in [-0.25, -0.2) is 13.5 Å². The highest BCUT2D eigenvalue weighted by molar-refractivity contribution is 6.31. The first-order valence-electron chi connectivity index (χ1n) is 14.8. The molecule has 1 unspecified atom stereocenters. The van der Waals surface area contributed by atoms with Crippen molar-refractivity contribution in [3.8, 4) is 27.9 Å². The van der Waals surface area contributed by atoms with Gasteiger partial charge in [-0.05, 0) is 35.9 Å². The van der Waals surface area contributed by atoms with Crippen molar-refractivity contribution >= 4 is 17.5 Å². The molecule has 0 saturated carbocycles. The van der Waals surface area contributed by atoms with E-state index in [1.54, 1.807) is 0 Å². The van der Waals surface area contributed by atoms with Crippen LogP contribution in [0.1, 0.15) is 41.1 Å². The van der Waals surface area contributed by atoms with Crippen LogP contribution in [-0.4, -0.2) is 44.3 Å². The van der Waals surface area contributed by atoms with E-state index in [2.05, 4.69) is 20.1 Å². The average Bonchev–Trinajstić information content (AvgIpc) is 3.67. The fourth-order valence-electron chi connectivity index (χ4n) is 4.42. The number of amides is 1. The Morgan fingerprint density at radius 1 is 1.18 bits per heavy atom. The van der Waals surface area contributed by atoms with E-state index in [0.717, 1.165) is 41.2 Å². The molecular formula is C28H21ClF5N7O3. The maximum atomic E-state index is 15.5. The molecule has 44 heavy (non-hydrogen) atoms. The number of alkyl halides is 3. The number of primary amides is 1. The number of hydrogen-bond donors (Lipinski definition) is 1. The molecule has 0 radical (unpaired) electrons. The molecule has 2 aromatic carbocycles. The molecule has 3 heterocycles. The Morgan fingerprint density at radius 3 is 2.61 bits per heavy atom.